The van der Waals surface area contributed by atoms with E-state index in [1.54, 1.807) is 0 Å². The number of hydrogen-bond acceptors (Lipinski definition) is 2. The number of nitrogens with zero attached hydrogens (tertiary/aromatic N) is 1. The maximum Gasteiger partial charge on any atom is 0.0411 e. The molecule has 2 nitrogen and oxygen atoms in total. The zero-order valence-electron chi connectivity index (χ0n) is 8.45. The molecular weight excluding hydrogens is 172 g/mol. The van der Waals surface area contributed by atoms with Crippen molar-refractivity contribution in [2.75, 3.05) is 18.0 Å². The minimum Gasteiger partial charge on any atom is -0.371 e. The Balaban J connectivity index is 2.20. The van der Waals surface area contributed by atoms with Crippen LogP contribution in [0.15, 0.2) is 24.3 Å². The van der Waals surface area contributed by atoms with E-state index in [0.717, 1.165) is 13.1 Å². The molecule has 0 unspecified atom stereocenters. The van der Waals surface area contributed by atoms with E-state index in [2.05, 4.69) is 35.6 Å². The predicted octanol–water partition coefficient (Wildman–Crippen LogP) is 1.95. The summed E-state index contributed by atoms with van der Waals surface area (Å²) in [5.41, 5.74) is 8.28. The van der Waals surface area contributed by atoms with Gasteiger partial charge in [0.25, 0.3) is 0 Å². The molecule has 0 spiro atoms. The van der Waals surface area contributed by atoms with Crippen LogP contribution in [0.3, 0.4) is 0 Å². The first-order chi connectivity index (χ1) is 6.92. The van der Waals surface area contributed by atoms with Gasteiger partial charge < -0.3 is 10.6 Å². The number of anilines is 1. The Hall–Kier alpha value is -1.02. The molecular formula is C12H17N2. The summed E-state index contributed by atoms with van der Waals surface area (Å²) in [4.78, 5) is 2.41. The lowest BCUT2D eigenvalue weighted by molar-refractivity contribution is 0.669. The van der Waals surface area contributed by atoms with Gasteiger partial charge in [-0.2, -0.15) is 0 Å². The molecule has 0 atom stereocenters. The van der Waals surface area contributed by atoms with E-state index >= 15 is 0 Å². The van der Waals surface area contributed by atoms with E-state index < -0.39 is 0 Å². The summed E-state index contributed by atoms with van der Waals surface area (Å²) in [5, 5.41) is 0. The van der Waals surface area contributed by atoms with E-state index in [0.29, 0.717) is 6.54 Å². The van der Waals surface area contributed by atoms with Crippen molar-refractivity contribution in [1.29, 1.82) is 0 Å². The highest BCUT2D eigenvalue weighted by Gasteiger charge is 2.12. The molecule has 14 heavy (non-hydrogen) atoms. The van der Waals surface area contributed by atoms with E-state index in [1.165, 1.54) is 24.1 Å². The Labute approximate surface area is 85.7 Å². The zero-order valence-corrected chi connectivity index (χ0v) is 8.45. The van der Waals surface area contributed by atoms with E-state index in [4.69, 9.17) is 5.73 Å². The van der Waals surface area contributed by atoms with Crippen LogP contribution >= 0.6 is 0 Å². The van der Waals surface area contributed by atoms with E-state index in [9.17, 15) is 0 Å². The molecule has 1 aliphatic rings. The second kappa shape index (κ2) is 4.47. The van der Waals surface area contributed by atoms with Crippen molar-refractivity contribution >= 4 is 5.69 Å². The van der Waals surface area contributed by atoms with Gasteiger partial charge in [-0.3, -0.25) is 0 Å². The molecule has 0 aromatic heterocycles. The third-order valence-electron chi connectivity index (χ3n) is 2.74. The number of para-hydroxylation sites is 1. The first-order valence-electron chi connectivity index (χ1n) is 5.26. The van der Waals surface area contributed by atoms with Crippen molar-refractivity contribution in [2.45, 2.75) is 19.4 Å². The molecule has 0 bridgehead atoms. The van der Waals surface area contributed by atoms with Crippen LogP contribution in [0.2, 0.25) is 0 Å². The molecule has 0 amide bonds. The van der Waals surface area contributed by atoms with Crippen molar-refractivity contribution in [3.05, 3.63) is 36.2 Å². The summed E-state index contributed by atoms with van der Waals surface area (Å²) in [7, 11) is 0. The zero-order chi connectivity index (χ0) is 9.80. The molecule has 1 heterocycles. The van der Waals surface area contributed by atoms with E-state index in [1.807, 2.05) is 0 Å². The summed E-state index contributed by atoms with van der Waals surface area (Å²) in [6.07, 6.45) is 4.86. The van der Waals surface area contributed by atoms with Gasteiger partial charge in [-0.15, -0.1) is 0 Å². The normalized spacial score (nSPS) is 17.1. The van der Waals surface area contributed by atoms with Gasteiger partial charge in [0.1, 0.15) is 0 Å². The van der Waals surface area contributed by atoms with Crippen LogP contribution in [0.25, 0.3) is 0 Å². The molecule has 2 rings (SSSR count). The number of piperidine rings is 1. The van der Waals surface area contributed by atoms with Crippen LogP contribution in [0.1, 0.15) is 18.4 Å². The van der Waals surface area contributed by atoms with Gasteiger partial charge in [0.05, 0.1) is 0 Å². The van der Waals surface area contributed by atoms with Crippen LogP contribution in [0.4, 0.5) is 5.69 Å². The molecule has 1 fully saturated rings. The summed E-state index contributed by atoms with van der Waals surface area (Å²) in [5.74, 6) is 0. The van der Waals surface area contributed by atoms with Crippen LogP contribution in [-0.2, 0) is 6.54 Å². The largest absolute Gasteiger partial charge is 0.371 e. The maximum absolute atomic E-state index is 5.72. The molecule has 1 aromatic rings. The van der Waals surface area contributed by atoms with Crippen LogP contribution in [0.5, 0.6) is 0 Å². The van der Waals surface area contributed by atoms with Crippen molar-refractivity contribution < 1.29 is 0 Å². The fourth-order valence-electron chi connectivity index (χ4n) is 1.98. The van der Waals surface area contributed by atoms with Crippen molar-refractivity contribution in [3.8, 4) is 0 Å². The first kappa shape index (κ1) is 9.53. The lowest BCUT2D eigenvalue weighted by Crippen LogP contribution is -2.30. The van der Waals surface area contributed by atoms with Gasteiger partial charge in [0, 0.05) is 25.3 Å². The molecule has 1 saturated heterocycles. The molecule has 0 aliphatic carbocycles. The highest BCUT2D eigenvalue weighted by molar-refractivity contribution is 5.54. The molecule has 1 radical (unpaired) electrons. The minimum absolute atomic E-state index is 0.632. The lowest BCUT2D eigenvalue weighted by Gasteiger charge is -2.30. The van der Waals surface area contributed by atoms with Gasteiger partial charge in [-0.1, -0.05) is 18.2 Å². The molecule has 75 valence electrons. The van der Waals surface area contributed by atoms with Crippen molar-refractivity contribution in [3.63, 3.8) is 0 Å². The summed E-state index contributed by atoms with van der Waals surface area (Å²) in [6.45, 7) is 2.86. The fraction of sp³-hybridized carbons (Fsp3) is 0.417. The third kappa shape index (κ3) is 1.90. The second-order valence-corrected chi connectivity index (χ2v) is 3.71. The average molecular weight is 189 g/mol. The topological polar surface area (TPSA) is 29.3 Å². The Morgan fingerprint density at radius 2 is 2.14 bits per heavy atom. The number of rotatable bonds is 2. The summed E-state index contributed by atoms with van der Waals surface area (Å²) in [6, 6.07) is 8.42. The molecule has 1 aromatic carbocycles. The van der Waals surface area contributed by atoms with Gasteiger partial charge >= 0.3 is 0 Å². The second-order valence-electron chi connectivity index (χ2n) is 3.71. The third-order valence-corrected chi connectivity index (χ3v) is 2.74. The lowest BCUT2D eigenvalue weighted by atomic mass is 10.1. The molecule has 1 aliphatic heterocycles. The molecule has 2 N–H and O–H groups in total. The van der Waals surface area contributed by atoms with Crippen LogP contribution in [-0.4, -0.2) is 13.1 Å². The maximum atomic E-state index is 5.72. The predicted molar refractivity (Wildman–Crippen MR) is 60.1 cm³/mol. The summed E-state index contributed by atoms with van der Waals surface area (Å²) < 4.78 is 0. The molecule has 2 heteroatoms. The van der Waals surface area contributed by atoms with Gasteiger partial charge in [-0.05, 0) is 30.9 Å². The van der Waals surface area contributed by atoms with Gasteiger partial charge in [-0.25, -0.2) is 0 Å². The average Bonchev–Trinajstić information content (AvgIpc) is 2.30. The molecule has 0 saturated carbocycles. The highest BCUT2D eigenvalue weighted by atomic mass is 15.1. The smallest absolute Gasteiger partial charge is 0.0411 e. The Morgan fingerprint density at radius 1 is 1.29 bits per heavy atom. The van der Waals surface area contributed by atoms with Crippen LogP contribution in [0, 0.1) is 6.42 Å². The SMILES string of the molecule is NCc1ccccc1N1C[CH]CCC1. The number of benzene rings is 1. The first-order valence-corrected chi connectivity index (χ1v) is 5.26. The van der Waals surface area contributed by atoms with Gasteiger partial charge in [0.15, 0.2) is 0 Å². The Kier molecular flexibility index (Phi) is 3.04. The minimum atomic E-state index is 0.632. The Bertz CT molecular complexity index is 290. The summed E-state index contributed by atoms with van der Waals surface area (Å²) >= 11 is 0. The van der Waals surface area contributed by atoms with Crippen LogP contribution < -0.4 is 10.6 Å². The number of hydrogen-bond donors (Lipinski definition) is 1. The number of nitrogens with two attached hydrogens (primary N) is 1. The van der Waals surface area contributed by atoms with Crippen molar-refractivity contribution in [1.82, 2.24) is 0 Å². The fourth-order valence-corrected chi connectivity index (χ4v) is 1.98. The van der Waals surface area contributed by atoms with Crippen molar-refractivity contribution in [2.24, 2.45) is 5.73 Å². The van der Waals surface area contributed by atoms with Gasteiger partial charge in [0.2, 0.25) is 0 Å². The standard InChI is InChI=1S/C12H17N2/c13-10-11-6-2-3-7-12(11)14-8-4-1-5-9-14/h2-4,6-7H,1,5,8-10,13H2. The monoisotopic (exact) mass is 189 g/mol. The van der Waals surface area contributed by atoms with E-state index in [-0.39, 0.29) is 0 Å². The Morgan fingerprint density at radius 3 is 2.86 bits per heavy atom. The highest BCUT2D eigenvalue weighted by Crippen LogP contribution is 2.23. The quantitative estimate of drug-likeness (QED) is 0.770.